The van der Waals surface area contributed by atoms with E-state index in [2.05, 4.69) is 111 Å². The van der Waals surface area contributed by atoms with Crippen LogP contribution in [0.25, 0.3) is 34.6 Å². The number of nitrogens with one attached hydrogen (secondary N) is 1. The van der Waals surface area contributed by atoms with E-state index in [0.29, 0.717) is 34.0 Å². The number of aromatic hydroxyl groups is 1. The van der Waals surface area contributed by atoms with Gasteiger partial charge in [-0.25, -0.2) is 14.6 Å². The molecule has 84 heavy (non-hydrogen) atoms. The van der Waals surface area contributed by atoms with Gasteiger partial charge in [-0.2, -0.15) is 0 Å². The number of hydrogen-bond acceptors (Lipinski definition) is 9. The van der Waals surface area contributed by atoms with Crippen LogP contribution in [-0.4, -0.2) is 66.1 Å². The number of carbonyl (C=O) groups is 6. The number of amides is 1. The Labute approximate surface area is 521 Å². The molecule has 1 aliphatic rings. The number of halogens is 2. The molecular formula is C69H79I2N3O10. The third-order valence-electron chi connectivity index (χ3n) is 15.1. The summed E-state index contributed by atoms with van der Waals surface area (Å²) in [5.74, 6) is -0.635. The van der Waals surface area contributed by atoms with Gasteiger partial charge in [0.25, 0.3) is 5.91 Å². The number of Topliss-reactive ketones (excluding diaryl/α,β-unsaturated/α-hetero) is 3. The number of rotatable bonds is 19. The fraction of sp³-hybridized carbons (Fsp3) is 0.348. The highest BCUT2D eigenvalue weighted by Gasteiger charge is 2.26. The van der Waals surface area contributed by atoms with Crippen LogP contribution in [0, 0.1) is 45.7 Å². The molecule has 7 aromatic rings. The number of allylic oxidation sites excluding steroid dienone is 1. The Morgan fingerprint density at radius 3 is 1.65 bits per heavy atom. The molecule has 0 bridgehead atoms. The summed E-state index contributed by atoms with van der Waals surface area (Å²) in [4.78, 5) is 74.4. The van der Waals surface area contributed by atoms with Gasteiger partial charge in [-0.1, -0.05) is 107 Å². The van der Waals surface area contributed by atoms with Crippen molar-refractivity contribution in [1.29, 1.82) is 0 Å². The summed E-state index contributed by atoms with van der Waals surface area (Å²) in [6.07, 6.45) is 18.1. The van der Waals surface area contributed by atoms with Crippen LogP contribution in [0.1, 0.15) is 147 Å². The number of carboxylic acids is 2. The number of carbonyl (C=O) groups excluding carboxylic acids is 4. The lowest BCUT2D eigenvalue weighted by molar-refractivity contribution is -0.139. The van der Waals surface area contributed by atoms with Gasteiger partial charge in [0.15, 0.2) is 0 Å². The summed E-state index contributed by atoms with van der Waals surface area (Å²) in [5.41, 5.74) is 12.4. The van der Waals surface area contributed by atoms with E-state index in [4.69, 9.17) is 14.5 Å². The van der Waals surface area contributed by atoms with Gasteiger partial charge >= 0.3 is 11.9 Å². The average Bonchev–Trinajstić information content (AvgIpc) is 2.16. The zero-order valence-corrected chi connectivity index (χ0v) is 54.1. The molecule has 0 unspecified atom stereocenters. The lowest BCUT2D eigenvalue weighted by Gasteiger charge is -2.25. The Bertz CT molecular complexity index is 3410. The number of benzene rings is 5. The molecule has 2 aromatic heterocycles. The number of aliphatic carboxylic acids is 2. The maximum absolute atomic E-state index is 13.2. The highest BCUT2D eigenvalue weighted by molar-refractivity contribution is 14.1. The fourth-order valence-electron chi connectivity index (χ4n) is 9.49. The van der Waals surface area contributed by atoms with E-state index in [0.717, 1.165) is 82.6 Å². The predicted octanol–water partition coefficient (Wildman–Crippen LogP) is 15.6. The van der Waals surface area contributed by atoms with Gasteiger partial charge in [0, 0.05) is 45.4 Å². The minimum Gasteiger partial charge on any atom is -0.507 e. The van der Waals surface area contributed by atoms with E-state index in [1.807, 2.05) is 65.0 Å². The Kier molecular flexibility index (Phi) is 26.6. The molecule has 0 aliphatic heterocycles. The largest absolute Gasteiger partial charge is 0.507 e. The van der Waals surface area contributed by atoms with Gasteiger partial charge < -0.3 is 29.6 Å². The monoisotopic (exact) mass is 1360 g/mol. The van der Waals surface area contributed by atoms with Crippen molar-refractivity contribution in [2.24, 2.45) is 17.8 Å². The SMILES string of the molecule is C/C=C/c1cc(C[C@H](C)C(C)=O)ccc1C.CC(=O)[C@@H](C)Cc1ccc(C)c(I)c1.CC(=O)[C@@H](C)Cc1ccc(O)c(I)c1.Cc1ccc(C[C@H](NC(=O)c2ccc3c(c2)nc(-c2ccoc2)n3C2CCCCC2)C(=O)O)cc1/C=C/C(=O)O. The lowest BCUT2D eigenvalue weighted by Crippen LogP contribution is -2.42. The Balaban J connectivity index is 0.000000240. The van der Waals surface area contributed by atoms with E-state index in [1.165, 1.54) is 43.9 Å². The number of aromatic nitrogens is 2. The topological polar surface area (TPSA) is 206 Å². The summed E-state index contributed by atoms with van der Waals surface area (Å²) < 4.78 is 9.67. The van der Waals surface area contributed by atoms with E-state index in [1.54, 1.807) is 69.7 Å². The molecule has 4 N–H and O–H groups in total. The minimum absolute atomic E-state index is 0.0401. The highest BCUT2D eigenvalue weighted by Crippen LogP contribution is 2.36. The van der Waals surface area contributed by atoms with Gasteiger partial charge in [-0.3, -0.25) is 19.2 Å². The van der Waals surface area contributed by atoms with Crippen LogP contribution in [0.15, 0.2) is 126 Å². The third kappa shape index (κ3) is 20.7. The van der Waals surface area contributed by atoms with E-state index in [-0.39, 0.29) is 41.5 Å². The molecule has 13 nitrogen and oxygen atoms in total. The smallest absolute Gasteiger partial charge is 0.328 e. The first-order chi connectivity index (χ1) is 39.8. The highest BCUT2D eigenvalue weighted by atomic mass is 127. The molecule has 4 atom stereocenters. The molecule has 1 saturated carbocycles. The predicted molar refractivity (Wildman–Crippen MR) is 351 cm³/mol. The summed E-state index contributed by atoms with van der Waals surface area (Å²) in [6, 6.07) is 29.8. The van der Waals surface area contributed by atoms with Crippen LogP contribution in [0.5, 0.6) is 5.75 Å². The van der Waals surface area contributed by atoms with Crippen LogP contribution in [-0.2, 0) is 49.7 Å². The third-order valence-corrected chi connectivity index (χ3v) is 17.1. The second-order valence-corrected chi connectivity index (χ2v) is 24.3. The van der Waals surface area contributed by atoms with Crippen molar-refractivity contribution in [2.75, 3.05) is 0 Å². The minimum atomic E-state index is -1.18. The standard InChI is InChI=1S/C31H31N3O6.C15H20O.C12H15IO.C11H13IO2/c1-19-7-8-20(15-21(19)10-12-28(35)36)16-26(31(38)39)33-30(37)22-9-11-27-25(17-22)32-29(23-13-14-40-18-23)34(27)24-5-3-2-4-6-24;1-5-6-15-10-14(8-7-11(15)2)9-12(3)13(4)16;1-8-4-5-11(7-12(8)13)6-9(2)10(3)14;1-7(8(2)13)5-9-3-4-11(14)10(12)6-9/h7-15,17-18,24,26H,2-6,16H2,1H3,(H,33,37)(H,35,36)(H,38,39);5-8,10,12H,9H2,1-4H3;4-5,7,9H,6H2,1-3H3;3-4,6-7,14H,5H2,1-2H3/b12-10+;6-5+;;/t26-;12-;9-;7-/m0000/s1. The van der Waals surface area contributed by atoms with Crippen molar-refractivity contribution < 1.29 is 48.5 Å². The Morgan fingerprint density at radius 2 is 1.17 bits per heavy atom. The normalized spacial score (nSPS) is 13.8. The zero-order chi connectivity index (χ0) is 61.8. The van der Waals surface area contributed by atoms with E-state index >= 15 is 0 Å². The van der Waals surface area contributed by atoms with Crippen LogP contribution >= 0.6 is 45.2 Å². The summed E-state index contributed by atoms with van der Waals surface area (Å²) >= 11 is 4.41. The number of imidazole rings is 1. The molecule has 0 radical (unpaired) electrons. The first-order valence-corrected chi connectivity index (χ1v) is 30.6. The molecule has 8 rings (SSSR count). The fourth-order valence-corrected chi connectivity index (χ4v) is 10.6. The molecule has 2 heterocycles. The molecule has 1 fully saturated rings. The number of fused-ring (bicyclic) bond motifs is 1. The summed E-state index contributed by atoms with van der Waals surface area (Å²) in [5, 5.41) is 30.8. The van der Waals surface area contributed by atoms with Crippen LogP contribution in [0.4, 0.5) is 0 Å². The van der Waals surface area contributed by atoms with Crippen molar-refractivity contribution in [3.63, 3.8) is 0 Å². The number of carboxylic acid groups (broad SMARTS) is 2. The maximum atomic E-state index is 13.2. The first kappa shape index (κ1) is 67.8. The molecule has 0 spiro atoms. The van der Waals surface area contributed by atoms with Crippen molar-refractivity contribution in [2.45, 2.75) is 139 Å². The van der Waals surface area contributed by atoms with Gasteiger partial charge in [0.05, 0.1) is 26.4 Å². The molecule has 1 amide bonds. The lowest BCUT2D eigenvalue weighted by atomic mass is 9.95. The number of phenolic OH excluding ortho intramolecular Hbond substituents is 1. The number of furan rings is 1. The van der Waals surface area contributed by atoms with Gasteiger partial charge in [0.2, 0.25) is 0 Å². The number of ketones is 3. The van der Waals surface area contributed by atoms with Crippen molar-refractivity contribution >= 4 is 104 Å². The molecular weight excluding hydrogens is 1280 g/mol. The molecule has 1 aliphatic carbocycles. The number of phenols is 1. The molecule has 444 valence electrons. The number of hydrogen-bond donors (Lipinski definition) is 4. The van der Waals surface area contributed by atoms with Crippen molar-refractivity contribution in [3.05, 3.63) is 185 Å². The van der Waals surface area contributed by atoms with Crippen molar-refractivity contribution in [1.82, 2.24) is 14.9 Å². The maximum Gasteiger partial charge on any atom is 0.328 e. The van der Waals surface area contributed by atoms with Crippen LogP contribution < -0.4 is 5.32 Å². The van der Waals surface area contributed by atoms with Gasteiger partial charge in [0.1, 0.15) is 41.2 Å². The Morgan fingerprint density at radius 1 is 0.655 bits per heavy atom. The van der Waals surface area contributed by atoms with Gasteiger partial charge in [-0.05, 0) is 224 Å². The van der Waals surface area contributed by atoms with Crippen LogP contribution in [0.3, 0.4) is 0 Å². The van der Waals surface area contributed by atoms with Crippen LogP contribution in [0.2, 0.25) is 0 Å². The summed E-state index contributed by atoms with van der Waals surface area (Å²) in [6.45, 7) is 18.9. The van der Waals surface area contributed by atoms with Crippen molar-refractivity contribution in [3.8, 4) is 17.1 Å². The molecule has 5 aromatic carbocycles. The second kappa shape index (κ2) is 32.9. The quantitative estimate of drug-likeness (QED) is 0.0443. The molecule has 0 saturated heterocycles. The number of nitrogens with zero attached hydrogens (tertiary/aromatic N) is 2. The number of aryl methyl sites for hydroxylation is 3. The second-order valence-electron chi connectivity index (χ2n) is 22.0. The Hall–Kier alpha value is -6.99. The van der Waals surface area contributed by atoms with E-state index in [9.17, 15) is 39.0 Å². The zero-order valence-electron chi connectivity index (χ0n) is 49.8. The average molecular weight is 1360 g/mol. The van der Waals surface area contributed by atoms with E-state index < -0.39 is 23.9 Å². The summed E-state index contributed by atoms with van der Waals surface area (Å²) in [7, 11) is 0. The molecule has 15 heteroatoms. The first-order valence-electron chi connectivity index (χ1n) is 28.4. The van der Waals surface area contributed by atoms with Gasteiger partial charge in [-0.15, -0.1) is 0 Å².